The monoisotopic (exact) mass is 338 g/mol. The van der Waals surface area contributed by atoms with E-state index in [-0.39, 0.29) is 0 Å². The Morgan fingerprint density at radius 3 is 2.95 bits per heavy atom. The quantitative estimate of drug-likeness (QED) is 0.788. The van der Waals surface area contributed by atoms with E-state index in [1.54, 1.807) is 13.3 Å². The Bertz CT molecular complexity index is 530. The number of halogens is 1. The zero-order valence-electron chi connectivity index (χ0n) is 11.7. The van der Waals surface area contributed by atoms with Crippen LogP contribution in [0.1, 0.15) is 24.9 Å². The van der Waals surface area contributed by atoms with E-state index >= 15 is 0 Å². The molecule has 0 saturated carbocycles. The summed E-state index contributed by atoms with van der Waals surface area (Å²) < 4.78 is 8.06. The van der Waals surface area contributed by atoms with Gasteiger partial charge in [-0.15, -0.1) is 5.10 Å². The third kappa shape index (κ3) is 4.05. The van der Waals surface area contributed by atoms with Gasteiger partial charge in [0.25, 0.3) is 0 Å². The normalized spacial score (nSPS) is 12.3. The van der Waals surface area contributed by atoms with Gasteiger partial charge in [-0.1, -0.05) is 11.3 Å². The molecule has 1 aromatic heterocycles. The van der Waals surface area contributed by atoms with Crippen LogP contribution >= 0.6 is 15.9 Å². The molecule has 0 saturated heterocycles. The molecular weight excluding hydrogens is 320 g/mol. The minimum Gasteiger partial charge on any atom is -0.496 e. The number of methoxy groups -OCH3 is 1. The molecule has 2 aromatic rings. The standard InChI is InChI=1S/C14H19BrN4O/c1-11(12-4-5-14(20-2)13(15)10-12)16-6-3-8-19-9-7-17-18-19/h4-5,7,9-11,16H,3,6,8H2,1-2H3. The highest BCUT2D eigenvalue weighted by molar-refractivity contribution is 9.10. The second-order valence-corrected chi connectivity index (χ2v) is 5.44. The molecule has 1 N–H and O–H groups in total. The summed E-state index contributed by atoms with van der Waals surface area (Å²) in [5, 5.41) is 11.2. The Kier molecular flexibility index (Phi) is 5.55. The summed E-state index contributed by atoms with van der Waals surface area (Å²) in [6, 6.07) is 6.45. The zero-order chi connectivity index (χ0) is 14.4. The third-order valence-corrected chi connectivity index (χ3v) is 3.78. The molecule has 0 bridgehead atoms. The molecule has 0 aliphatic carbocycles. The van der Waals surface area contributed by atoms with Crippen LogP contribution in [-0.4, -0.2) is 28.6 Å². The van der Waals surface area contributed by atoms with Crippen LogP contribution in [0.2, 0.25) is 0 Å². The fraction of sp³-hybridized carbons (Fsp3) is 0.429. The van der Waals surface area contributed by atoms with Crippen molar-refractivity contribution >= 4 is 15.9 Å². The van der Waals surface area contributed by atoms with Crippen LogP contribution in [0.25, 0.3) is 0 Å². The number of rotatable bonds is 7. The average molecular weight is 339 g/mol. The number of ether oxygens (including phenoxy) is 1. The SMILES string of the molecule is COc1ccc(C(C)NCCCn2ccnn2)cc1Br. The minimum atomic E-state index is 0.299. The topological polar surface area (TPSA) is 52.0 Å². The lowest BCUT2D eigenvalue weighted by atomic mass is 10.1. The van der Waals surface area contributed by atoms with E-state index in [0.717, 1.165) is 29.7 Å². The van der Waals surface area contributed by atoms with Gasteiger partial charge in [-0.05, 0) is 53.5 Å². The van der Waals surface area contributed by atoms with Crippen LogP contribution in [-0.2, 0) is 6.54 Å². The summed E-state index contributed by atoms with van der Waals surface area (Å²) in [5.74, 6) is 0.854. The van der Waals surface area contributed by atoms with Crippen molar-refractivity contribution in [1.82, 2.24) is 20.3 Å². The predicted molar refractivity (Wildman–Crippen MR) is 81.8 cm³/mol. The third-order valence-electron chi connectivity index (χ3n) is 3.16. The molecule has 0 radical (unpaired) electrons. The first-order valence-corrected chi connectivity index (χ1v) is 7.41. The van der Waals surface area contributed by atoms with Gasteiger partial charge in [0, 0.05) is 18.8 Å². The van der Waals surface area contributed by atoms with Gasteiger partial charge >= 0.3 is 0 Å². The van der Waals surface area contributed by atoms with Crippen LogP contribution in [0.3, 0.4) is 0 Å². The molecule has 0 fully saturated rings. The van der Waals surface area contributed by atoms with Gasteiger partial charge < -0.3 is 10.1 Å². The van der Waals surface area contributed by atoms with Gasteiger partial charge in [0.05, 0.1) is 17.8 Å². The van der Waals surface area contributed by atoms with E-state index in [9.17, 15) is 0 Å². The first kappa shape index (κ1) is 15.0. The lowest BCUT2D eigenvalue weighted by molar-refractivity contribution is 0.411. The van der Waals surface area contributed by atoms with Crippen LogP contribution < -0.4 is 10.1 Å². The number of nitrogens with one attached hydrogen (secondary N) is 1. The van der Waals surface area contributed by atoms with Gasteiger partial charge in [0.15, 0.2) is 0 Å². The highest BCUT2D eigenvalue weighted by Gasteiger charge is 2.07. The molecule has 0 aliphatic rings. The van der Waals surface area contributed by atoms with Gasteiger partial charge in [-0.2, -0.15) is 0 Å². The fourth-order valence-electron chi connectivity index (χ4n) is 1.98. The van der Waals surface area contributed by atoms with Crippen molar-refractivity contribution in [3.63, 3.8) is 0 Å². The number of nitrogens with zero attached hydrogens (tertiary/aromatic N) is 3. The zero-order valence-corrected chi connectivity index (χ0v) is 13.3. The van der Waals surface area contributed by atoms with Crippen molar-refractivity contribution in [1.29, 1.82) is 0 Å². The number of hydrogen-bond donors (Lipinski definition) is 1. The highest BCUT2D eigenvalue weighted by atomic mass is 79.9. The van der Waals surface area contributed by atoms with Crippen molar-refractivity contribution in [2.75, 3.05) is 13.7 Å². The van der Waals surface area contributed by atoms with Crippen molar-refractivity contribution in [3.8, 4) is 5.75 Å². The first-order chi connectivity index (χ1) is 9.70. The van der Waals surface area contributed by atoms with E-state index < -0.39 is 0 Å². The smallest absolute Gasteiger partial charge is 0.133 e. The van der Waals surface area contributed by atoms with Crippen LogP contribution in [0.5, 0.6) is 5.75 Å². The summed E-state index contributed by atoms with van der Waals surface area (Å²) in [7, 11) is 1.67. The summed E-state index contributed by atoms with van der Waals surface area (Å²) in [4.78, 5) is 0. The first-order valence-electron chi connectivity index (χ1n) is 6.61. The largest absolute Gasteiger partial charge is 0.496 e. The van der Waals surface area contributed by atoms with E-state index in [0.29, 0.717) is 6.04 Å². The highest BCUT2D eigenvalue weighted by Crippen LogP contribution is 2.27. The number of aromatic nitrogens is 3. The molecule has 0 amide bonds. The molecule has 0 aliphatic heterocycles. The van der Waals surface area contributed by atoms with Crippen molar-refractivity contribution < 1.29 is 4.74 Å². The molecule has 1 heterocycles. The molecule has 1 atom stereocenters. The average Bonchev–Trinajstić information content (AvgIpc) is 2.96. The minimum absolute atomic E-state index is 0.299. The summed E-state index contributed by atoms with van der Waals surface area (Å²) >= 11 is 3.51. The Hall–Kier alpha value is -1.40. The van der Waals surface area contributed by atoms with E-state index in [4.69, 9.17) is 4.74 Å². The van der Waals surface area contributed by atoms with Crippen molar-refractivity contribution in [2.45, 2.75) is 25.9 Å². The van der Waals surface area contributed by atoms with Crippen LogP contribution in [0.4, 0.5) is 0 Å². The Morgan fingerprint density at radius 1 is 1.45 bits per heavy atom. The number of hydrogen-bond acceptors (Lipinski definition) is 4. The molecule has 0 spiro atoms. The summed E-state index contributed by atoms with van der Waals surface area (Å²) in [5.41, 5.74) is 1.23. The molecule has 20 heavy (non-hydrogen) atoms. The number of aryl methyl sites for hydroxylation is 1. The van der Waals surface area contributed by atoms with Crippen molar-refractivity contribution in [2.24, 2.45) is 0 Å². The Morgan fingerprint density at radius 2 is 2.30 bits per heavy atom. The molecule has 2 rings (SSSR count). The van der Waals surface area contributed by atoms with Gasteiger partial charge in [0.1, 0.15) is 5.75 Å². The molecule has 1 aromatic carbocycles. The Labute approximate surface area is 127 Å². The maximum atomic E-state index is 5.24. The van der Waals surface area contributed by atoms with E-state index in [1.807, 2.05) is 16.9 Å². The van der Waals surface area contributed by atoms with Gasteiger partial charge in [-0.25, -0.2) is 0 Å². The summed E-state index contributed by atoms with van der Waals surface area (Å²) in [6.45, 7) is 3.97. The molecule has 5 nitrogen and oxygen atoms in total. The van der Waals surface area contributed by atoms with Crippen LogP contribution in [0, 0.1) is 0 Å². The van der Waals surface area contributed by atoms with Crippen molar-refractivity contribution in [3.05, 3.63) is 40.6 Å². The molecule has 1 unspecified atom stereocenters. The Balaban J connectivity index is 1.79. The molecular formula is C14H19BrN4O. The maximum absolute atomic E-state index is 5.24. The second-order valence-electron chi connectivity index (χ2n) is 4.59. The van der Waals surface area contributed by atoms with Gasteiger partial charge in [-0.3, -0.25) is 4.68 Å². The lowest BCUT2D eigenvalue weighted by Gasteiger charge is -2.15. The number of benzene rings is 1. The summed E-state index contributed by atoms with van der Waals surface area (Å²) in [6.07, 6.45) is 4.60. The second kappa shape index (κ2) is 7.40. The van der Waals surface area contributed by atoms with Crippen LogP contribution in [0.15, 0.2) is 35.1 Å². The maximum Gasteiger partial charge on any atom is 0.133 e. The van der Waals surface area contributed by atoms with Gasteiger partial charge in [0.2, 0.25) is 0 Å². The predicted octanol–water partition coefficient (Wildman–Crippen LogP) is 2.79. The molecule has 108 valence electrons. The van der Waals surface area contributed by atoms with E-state index in [2.05, 4.69) is 50.6 Å². The molecule has 6 heteroatoms. The fourth-order valence-corrected chi connectivity index (χ4v) is 2.54. The lowest BCUT2D eigenvalue weighted by Crippen LogP contribution is -2.21. The van der Waals surface area contributed by atoms with E-state index in [1.165, 1.54) is 5.56 Å².